The highest BCUT2D eigenvalue weighted by molar-refractivity contribution is 6.04. The number of amides is 1. The van der Waals surface area contributed by atoms with Crippen molar-refractivity contribution in [3.8, 4) is 11.3 Å². The predicted molar refractivity (Wildman–Crippen MR) is 121 cm³/mol. The van der Waals surface area contributed by atoms with E-state index in [-0.39, 0.29) is 11.3 Å². The molecule has 0 spiro atoms. The zero-order valence-corrected chi connectivity index (χ0v) is 17.0. The second-order valence-corrected chi connectivity index (χ2v) is 6.92. The van der Waals surface area contributed by atoms with Crippen LogP contribution in [0.2, 0.25) is 0 Å². The highest BCUT2D eigenvalue weighted by Crippen LogP contribution is 2.24. The van der Waals surface area contributed by atoms with E-state index in [0.29, 0.717) is 11.6 Å². The lowest BCUT2D eigenvalue weighted by Gasteiger charge is -2.12. The fourth-order valence-electron chi connectivity index (χ4n) is 3.06. The number of hydrogen-bond acceptors (Lipinski definition) is 7. The third-order valence-electron chi connectivity index (χ3n) is 4.66. The molecule has 2 aromatic heterocycles. The number of nitro groups is 1. The van der Waals surface area contributed by atoms with E-state index in [1.165, 1.54) is 24.3 Å². The number of carbonyl (C=O) groups is 1. The summed E-state index contributed by atoms with van der Waals surface area (Å²) in [7, 11) is 0. The van der Waals surface area contributed by atoms with Crippen molar-refractivity contribution in [3.05, 3.63) is 100 Å². The Bertz CT molecular complexity index is 1290. The maximum absolute atomic E-state index is 12.5. The second kappa shape index (κ2) is 9.00. The van der Waals surface area contributed by atoms with Gasteiger partial charge in [-0.25, -0.2) is 9.97 Å². The number of hydrogen-bond donors (Lipinski definition) is 2. The smallest absolute Gasteiger partial charge is 0.270 e. The van der Waals surface area contributed by atoms with Gasteiger partial charge >= 0.3 is 0 Å². The van der Waals surface area contributed by atoms with Crippen LogP contribution in [0.15, 0.2) is 79.3 Å². The molecule has 0 aliphatic carbocycles. The second-order valence-electron chi connectivity index (χ2n) is 6.92. The molecule has 32 heavy (non-hydrogen) atoms. The summed E-state index contributed by atoms with van der Waals surface area (Å²) in [5, 5.41) is 16.9. The van der Waals surface area contributed by atoms with Crippen molar-refractivity contribution < 1.29 is 9.72 Å². The molecule has 0 atom stereocenters. The van der Waals surface area contributed by atoms with Gasteiger partial charge < -0.3 is 10.6 Å². The Morgan fingerprint density at radius 2 is 1.91 bits per heavy atom. The summed E-state index contributed by atoms with van der Waals surface area (Å²) in [6.45, 7) is 1.89. The minimum absolute atomic E-state index is 0.137. The molecule has 2 heterocycles. The van der Waals surface area contributed by atoms with E-state index in [0.717, 1.165) is 22.5 Å². The van der Waals surface area contributed by atoms with Crippen molar-refractivity contribution in [3.63, 3.8) is 0 Å². The molecule has 0 aliphatic heterocycles. The number of carbonyl (C=O) groups excluding carboxylic acids is 1. The molecule has 9 nitrogen and oxygen atoms in total. The molecule has 1 amide bonds. The van der Waals surface area contributed by atoms with Crippen LogP contribution in [0.1, 0.15) is 15.9 Å². The molecule has 0 aliphatic rings. The molecular formula is C23H18N6O3. The van der Waals surface area contributed by atoms with E-state index < -0.39 is 10.8 Å². The van der Waals surface area contributed by atoms with Gasteiger partial charge in [-0.3, -0.25) is 19.9 Å². The van der Waals surface area contributed by atoms with Crippen molar-refractivity contribution in [2.75, 3.05) is 10.6 Å². The summed E-state index contributed by atoms with van der Waals surface area (Å²) in [5.41, 5.74) is 3.90. The molecule has 0 bridgehead atoms. The number of nitrogens with one attached hydrogen (secondary N) is 2. The first kappa shape index (κ1) is 20.6. The van der Waals surface area contributed by atoms with E-state index in [9.17, 15) is 14.9 Å². The quantitative estimate of drug-likeness (QED) is 0.337. The maximum Gasteiger partial charge on any atom is 0.270 e. The zero-order valence-electron chi connectivity index (χ0n) is 17.0. The van der Waals surface area contributed by atoms with Gasteiger partial charge in [-0.1, -0.05) is 6.07 Å². The van der Waals surface area contributed by atoms with Gasteiger partial charge in [0.2, 0.25) is 5.95 Å². The van der Waals surface area contributed by atoms with E-state index in [1.54, 1.807) is 36.8 Å². The normalized spacial score (nSPS) is 10.4. The van der Waals surface area contributed by atoms with Crippen LogP contribution in [0.4, 0.5) is 23.0 Å². The van der Waals surface area contributed by atoms with Crippen LogP contribution in [0.5, 0.6) is 0 Å². The van der Waals surface area contributed by atoms with Crippen LogP contribution in [0, 0.1) is 17.0 Å². The van der Waals surface area contributed by atoms with Gasteiger partial charge in [0.05, 0.1) is 10.6 Å². The average molecular weight is 426 g/mol. The average Bonchev–Trinajstić information content (AvgIpc) is 2.81. The molecule has 9 heteroatoms. The SMILES string of the molecule is Cc1cc(NC(=O)c2cccc([N+](=O)[O-])c2)ccc1Nc1nccc(-c2cccnc2)n1. The highest BCUT2D eigenvalue weighted by Gasteiger charge is 2.12. The summed E-state index contributed by atoms with van der Waals surface area (Å²) >= 11 is 0. The summed E-state index contributed by atoms with van der Waals surface area (Å²) in [5.74, 6) is 0.00384. The molecule has 0 fully saturated rings. The minimum atomic E-state index is -0.535. The van der Waals surface area contributed by atoms with Gasteiger partial charge in [-0.05, 0) is 55.0 Å². The lowest BCUT2D eigenvalue weighted by molar-refractivity contribution is -0.384. The van der Waals surface area contributed by atoms with Crippen molar-refractivity contribution in [2.45, 2.75) is 6.92 Å². The van der Waals surface area contributed by atoms with Crippen LogP contribution < -0.4 is 10.6 Å². The first-order valence-corrected chi connectivity index (χ1v) is 9.66. The number of pyridine rings is 1. The molecule has 4 rings (SSSR count). The third-order valence-corrected chi connectivity index (χ3v) is 4.66. The Balaban J connectivity index is 1.49. The number of aromatic nitrogens is 3. The summed E-state index contributed by atoms with van der Waals surface area (Å²) < 4.78 is 0. The fourth-order valence-corrected chi connectivity index (χ4v) is 3.06. The van der Waals surface area contributed by atoms with E-state index in [1.807, 2.05) is 25.1 Å². The van der Waals surface area contributed by atoms with E-state index in [2.05, 4.69) is 25.6 Å². The lowest BCUT2D eigenvalue weighted by Crippen LogP contribution is -2.12. The Morgan fingerprint density at radius 3 is 2.66 bits per heavy atom. The summed E-state index contributed by atoms with van der Waals surface area (Å²) in [6, 6.07) is 16.5. The molecular weight excluding hydrogens is 408 g/mol. The number of nitro benzene ring substituents is 1. The standard InChI is InChI=1S/C23H18N6O3/c1-15-12-18(26-22(30)16-4-2-6-19(13-16)29(31)32)7-8-20(15)27-23-25-11-9-21(28-23)17-5-3-10-24-14-17/h2-14H,1H3,(H,26,30)(H,25,27,28). The Labute approximate surface area is 183 Å². The van der Waals surface area contributed by atoms with Crippen LogP contribution in [0.3, 0.4) is 0 Å². The Kier molecular flexibility index (Phi) is 5.80. The van der Waals surface area contributed by atoms with Crippen LogP contribution >= 0.6 is 0 Å². The molecule has 0 saturated heterocycles. The van der Waals surface area contributed by atoms with Gasteiger partial charge in [0.15, 0.2) is 0 Å². The largest absolute Gasteiger partial charge is 0.324 e. The van der Waals surface area contributed by atoms with Crippen molar-refractivity contribution in [1.29, 1.82) is 0 Å². The van der Waals surface area contributed by atoms with Crippen LogP contribution in [-0.4, -0.2) is 25.8 Å². The minimum Gasteiger partial charge on any atom is -0.324 e. The number of nitrogens with zero attached hydrogens (tertiary/aromatic N) is 4. The Hall–Kier alpha value is -4.66. The zero-order chi connectivity index (χ0) is 22.5. The lowest BCUT2D eigenvalue weighted by atomic mass is 10.1. The van der Waals surface area contributed by atoms with Gasteiger partial charge in [0.1, 0.15) is 0 Å². The summed E-state index contributed by atoms with van der Waals surface area (Å²) in [6.07, 6.45) is 5.10. The highest BCUT2D eigenvalue weighted by atomic mass is 16.6. The summed E-state index contributed by atoms with van der Waals surface area (Å²) in [4.78, 5) is 35.8. The first-order chi connectivity index (χ1) is 15.5. The van der Waals surface area contributed by atoms with E-state index >= 15 is 0 Å². The molecule has 4 aromatic rings. The van der Waals surface area contributed by atoms with Gasteiger partial charge in [-0.2, -0.15) is 0 Å². The van der Waals surface area contributed by atoms with E-state index in [4.69, 9.17) is 0 Å². The molecule has 2 N–H and O–H groups in total. The maximum atomic E-state index is 12.5. The third kappa shape index (κ3) is 4.73. The fraction of sp³-hybridized carbons (Fsp3) is 0.0435. The molecule has 0 saturated carbocycles. The molecule has 0 unspecified atom stereocenters. The number of non-ortho nitro benzene ring substituents is 1. The van der Waals surface area contributed by atoms with Gasteiger partial charge in [0, 0.05) is 53.2 Å². The van der Waals surface area contributed by atoms with Gasteiger partial charge in [0.25, 0.3) is 11.6 Å². The predicted octanol–water partition coefficient (Wildman–Crippen LogP) is 4.75. The van der Waals surface area contributed by atoms with Crippen LogP contribution in [-0.2, 0) is 0 Å². The number of benzene rings is 2. The molecule has 2 aromatic carbocycles. The molecule has 158 valence electrons. The van der Waals surface area contributed by atoms with Crippen molar-refractivity contribution in [1.82, 2.24) is 15.0 Å². The first-order valence-electron chi connectivity index (χ1n) is 9.66. The topological polar surface area (TPSA) is 123 Å². The monoisotopic (exact) mass is 426 g/mol. The van der Waals surface area contributed by atoms with Crippen molar-refractivity contribution in [2.24, 2.45) is 0 Å². The number of anilines is 3. The Morgan fingerprint density at radius 1 is 1.03 bits per heavy atom. The molecule has 0 radical (unpaired) electrons. The van der Waals surface area contributed by atoms with Gasteiger partial charge in [-0.15, -0.1) is 0 Å². The van der Waals surface area contributed by atoms with Crippen LogP contribution in [0.25, 0.3) is 11.3 Å². The van der Waals surface area contributed by atoms with Crippen molar-refractivity contribution >= 4 is 28.9 Å². The number of aryl methyl sites for hydroxylation is 1. The number of rotatable bonds is 6.